The molecule has 1 N–H and O–H groups in total. The molecule has 1 atom stereocenters. The molecule has 0 bridgehead atoms. The fraction of sp³-hybridized carbons (Fsp3) is 0.391. The first-order chi connectivity index (χ1) is 15.2. The molecule has 7 nitrogen and oxygen atoms in total. The number of halogens is 1. The quantitative estimate of drug-likeness (QED) is 0.615. The number of methoxy groups -OCH3 is 1. The minimum absolute atomic E-state index is 0.00940. The van der Waals surface area contributed by atoms with Gasteiger partial charge in [-0.05, 0) is 49.6 Å². The van der Waals surface area contributed by atoms with E-state index >= 15 is 0 Å². The average Bonchev–Trinajstić information content (AvgIpc) is 2.79. The van der Waals surface area contributed by atoms with E-state index in [0.717, 1.165) is 11.1 Å². The number of nitrogens with one attached hydrogen (secondary N) is 1. The van der Waals surface area contributed by atoms with Crippen molar-refractivity contribution in [1.29, 1.82) is 0 Å². The number of esters is 1. The Bertz CT molecular complexity index is 1050. The maximum Gasteiger partial charge on any atom is 0.307 e. The van der Waals surface area contributed by atoms with Gasteiger partial charge < -0.3 is 10.1 Å². The zero-order chi connectivity index (χ0) is 23.3. The van der Waals surface area contributed by atoms with Crippen molar-refractivity contribution >= 4 is 33.5 Å². The van der Waals surface area contributed by atoms with Gasteiger partial charge in [-0.2, -0.15) is 4.31 Å². The van der Waals surface area contributed by atoms with E-state index in [2.05, 4.69) is 5.32 Å². The molecule has 0 saturated carbocycles. The van der Waals surface area contributed by atoms with E-state index in [4.69, 9.17) is 16.3 Å². The van der Waals surface area contributed by atoms with Gasteiger partial charge in [0.1, 0.15) is 0 Å². The maximum absolute atomic E-state index is 12.9. The van der Waals surface area contributed by atoms with Gasteiger partial charge in [-0.1, -0.05) is 41.4 Å². The van der Waals surface area contributed by atoms with Crippen molar-refractivity contribution in [3.63, 3.8) is 0 Å². The molecule has 1 saturated heterocycles. The summed E-state index contributed by atoms with van der Waals surface area (Å²) in [7, 11) is -2.29. The van der Waals surface area contributed by atoms with Crippen LogP contribution >= 0.6 is 11.6 Å². The van der Waals surface area contributed by atoms with E-state index in [-0.39, 0.29) is 36.2 Å². The van der Waals surface area contributed by atoms with Crippen LogP contribution in [0.5, 0.6) is 0 Å². The van der Waals surface area contributed by atoms with E-state index < -0.39 is 22.0 Å². The highest BCUT2D eigenvalue weighted by atomic mass is 35.5. The van der Waals surface area contributed by atoms with Crippen LogP contribution in [0.15, 0.2) is 53.4 Å². The average molecular weight is 479 g/mol. The molecule has 2 aromatic carbocycles. The molecule has 0 unspecified atom stereocenters. The van der Waals surface area contributed by atoms with Crippen LogP contribution in [0.2, 0.25) is 5.02 Å². The lowest BCUT2D eigenvalue weighted by Crippen LogP contribution is -2.43. The summed E-state index contributed by atoms with van der Waals surface area (Å²) in [4.78, 5) is 25.0. The van der Waals surface area contributed by atoms with E-state index in [9.17, 15) is 18.0 Å². The van der Waals surface area contributed by atoms with Crippen LogP contribution < -0.4 is 5.32 Å². The van der Waals surface area contributed by atoms with Gasteiger partial charge in [0, 0.05) is 24.0 Å². The fourth-order valence-electron chi connectivity index (χ4n) is 3.70. The van der Waals surface area contributed by atoms with E-state index in [1.807, 2.05) is 6.92 Å². The Kier molecular flexibility index (Phi) is 7.92. The molecule has 1 amide bonds. The van der Waals surface area contributed by atoms with Crippen LogP contribution in [0, 0.1) is 12.8 Å². The zero-order valence-corrected chi connectivity index (χ0v) is 19.7. The molecule has 0 spiro atoms. The van der Waals surface area contributed by atoms with Gasteiger partial charge in [0.15, 0.2) is 0 Å². The Labute approximate surface area is 193 Å². The molecule has 2 aromatic rings. The number of nitrogens with zero attached hydrogens (tertiary/aromatic N) is 1. The third-order valence-electron chi connectivity index (χ3n) is 5.67. The van der Waals surface area contributed by atoms with Crippen molar-refractivity contribution in [2.24, 2.45) is 5.92 Å². The summed E-state index contributed by atoms with van der Waals surface area (Å²) in [6.45, 7) is 2.42. The number of aryl methyl sites for hydroxylation is 1. The fourth-order valence-corrected chi connectivity index (χ4v) is 5.30. The smallest absolute Gasteiger partial charge is 0.307 e. The first kappa shape index (κ1) is 24.2. The van der Waals surface area contributed by atoms with Gasteiger partial charge in [-0.25, -0.2) is 8.42 Å². The summed E-state index contributed by atoms with van der Waals surface area (Å²) in [5.74, 6) is -0.989. The number of sulfonamides is 1. The minimum atomic E-state index is -3.59. The molecular formula is C23H27ClN2O5S. The standard InChI is InChI=1S/C23H27ClN2O5S/c1-16-3-9-20(10-4-16)32(29,30)26-13-11-18(12-14-26)23(28)25-21(15-22(27)31-2)17-5-7-19(24)8-6-17/h3-10,18,21H,11-15H2,1-2H3,(H,25,28)/t21-/m0/s1. The molecule has 0 radical (unpaired) electrons. The number of hydrogen-bond donors (Lipinski definition) is 1. The molecule has 1 aliphatic heterocycles. The second kappa shape index (κ2) is 10.5. The van der Waals surface area contributed by atoms with E-state index in [0.29, 0.717) is 17.9 Å². The van der Waals surface area contributed by atoms with Gasteiger partial charge in [0.2, 0.25) is 15.9 Å². The lowest BCUT2D eigenvalue weighted by Gasteiger charge is -2.31. The first-order valence-electron chi connectivity index (χ1n) is 10.4. The van der Waals surface area contributed by atoms with Crippen molar-refractivity contribution in [3.05, 3.63) is 64.7 Å². The molecule has 9 heteroatoms. The summed E-state index contributed by atoms with van der Waals surface area (Å²) in [6, 6.07) is 13.1. The Morgan fingerprint density at radius 1 is 1.09 bits per heavy atom. The van der Waals surface area contributed by atoms with Gasteiger partial charge in [0.25, 0.3) is 0 Å². The van der Waals surface area contributed by atoms with Crippen LogP contribution in [0.4, 0.5) is 0 Å². The van der Waals surface area contributed by atoms with Crippen molar-refractivity contribution in [3.8, 4) is 0 Å². The molecular weight excluding hydrogens is 452 g/mol. The molecule has 0 aliphatic carbocycles. The summed E-state index contributed by atoms with van der Waals surface area (Å²) in [6.07, 6.45) is 0.801. The third kappa shape index (κ3) is 5.88. The van der Waals surface area contributed by atoms with Crippen molar-refractivity contribution < 1.29 is 22.7 Å². The molecule has 1 fully saturated rings. The van der Waals surface area contributed by atoms with Gasteiger partial charge >= 0.3 is 5.97 Å². The zero-order valence-electron chi connectivity index (χ0n) is 18.1. The maximum atomic E-state index is 12.9. The number of piperidine rings is 1. The van der Waals surface area contributed by atoms with Crippen LogP contribution in [0.3, 0.4) is 0 Å². The lowest BCUT2D eigenvalue weighted by atomic mass is 9.95. The minimum Gasteiger partial charge on any atom is -0.469 e. The monoisotopic (exact) mass is 478 g/mol. The SMILES string of the molecule is COC(=O)C[C@H](NC(=O)C1CCN(S(=O)(=O)c2ccc(C)cc2)CC1)c1ccc(Cl)cc1. The molecule has 3 rings (SSSR count). The Balaban J connectivity index is 1.64. The normalized spacial score (nSPS) is 16.3. The Hall–Kier alpha value is -2.42. The molecule has 1 heterocycles. The highest BCUT2D eigenvalue weighted by Gasteiger charge is 2.33. The predicted molar refractivity (Wildman–Crippen MR) is 122 cm³/mol. The summed E-state index contributed by atoms with van der Waals surface area (Å²) in [5.41, 5.74) is 1.73. The number of carbonyl (C=O) groups excluding carboxylic acids is 2. The molecule has 1 aliphatic rings. The summed E-state index contributed by atoms with van der Waals surface area (Å²) < 4.78 is 32.0. The number of benzene rings is 2. The highest BCUT2D eigenvalue weighted by molar-refractivity contribution is 7.89. The van der Waals surface area contributed by atoms with Crippen LogP contribution in [-0.2, 0) is 24.3 Å². The summed E-state index contributed by atoms with van der Waals surface area (Å²) >= 11 is 5.95. The van der Waals surface area contributed by atoms with Gasteiger partial charge in [-0.15, -0.1) is 0 Å². The topological polar surface area (TPSA) is 92.8 Å². The Morgan fingerprint density at radius 2 is 1.69 bits per heavy atom. The largest absolute Gasteiger partial charge is 0.469 e. The van der Waals surface area contributed by atoms with Gasteiger partial charge in [0.05, 0.1) is 24.5 Å². The number of rotatable bonds is 7. The number of ether oxygens (including phenoxy) is 1. The van der Waals surface area contributed by atoms with Crippen molar-refractivity contribution in [1.82, 2.24) is 9.62 Å². The number of amides is 1. The molecule has 0 aromatic heterocycles. The Morgan fingerprint density at radius 3 is 2.25 bits per heavy atom. The molecule has 172 valence electrons. The van der Waals surface area contributed by atoms with Crippen molar-refractivity contribution in [2.45, 2.75) is 37.1 Å². The van der Waals surface area contributed by atoms with Crippen LogP contribution in [0.25, 0.3) is 0 Å². The first-order valence-corrected chi connectivity index (χ1v) is 12.2. The van der Waals surface area contributed by atoms with Crippen LogP contribution in [-0.4, -0.2) is 44.8 Å². The summed E-state index contributed by atoms with van der Waals surface area (Å²) in [5, 5.41) is 3.48. The van der Waals surface area contributed by atoms with Gasteiger partial charge in [-0.3, -0.25) is 9.59 Å². The molecule has 32 heavy (non-hydrogen) atoms. The lowest BCUT2D eigenvalue weighted by molar-refractivity contribution is -0.141. The second-order valence-corrected chi connectivity index (χ2v) is 10.3. The number of carbonyl (C=O) groups is 2. The predicted octanol–water partition coefficient (Wildman–Crippen LogP) is 3.47. The highest BCUT2D eigenvalue weighted by Crippen LogP contribution is 2.26. The van der Waals surface area contributed by atoms with E-state index in [1.165, 1.54) is 11.4 Å². The van der Waals surface area contributed by atoms with E-state index in [1.54, 1.807) is 48.5 Å². The van der Waals surface area contributed by atoms with Crippen LogP contribution in [0.1, 0.15) is 36.4 Å². The second-order valence-electron chi connectivity index (χ2n) is 7.88. The number of hydrogen-bond acceptors (Lipinski definition) is 5. The third-order valence-corrected chi connectivity index (χ3v) is 7.84. The van der Waals surface area contributed by atoms with Crippen molar-refractivity contribution in [2.75, 3.05) is 20.2 Å².